The number of esters is 1. The monoisotopic (exact) mass is 409 g/mol. The predicted octanol–water partition coefficient (Wildman–Crippen LogP) is 4.94. The molecule has 0 aromatic heterocycles. The molecule has 2 aromatic carbocycles. The number of benzene rings is 2. The van der Waals surface area contributed by atoms with Crippen molar-refractivity contribution in [1.82, 2.24) is 0 Å². The van der Waals surface area contributed by atoms with Crippen molar-refractivity contribution < 1.29 is 28.6 Å². The number of aliphatic carboxylic acids is 1. The molecule has 1 aliphatic carbocycles. The van der Waals surface area contributed by atoms with Crippen LogP contribution >= 0.6 is 0 Å². The summed E-state index contributed by atoms with van der Waals surface area (Å²) in [6.07, 6.45) is -0.262. The molecule has 0 unspecified atom stereocenters. The Morgan fingerprint density at radius 3 is 2.37 bits per heavy atom. The van der Waals surface area contributed by atoms with Crippen LogP contribution in [0.4, 0.5) is 4.39 Å². The van der Waals surface area contributed by atoms with Gasteiger partial charge in [0.2, 0.25) is 11.9 Å². The predicted molar refractivity (Wildman–Crippen MR) is 105 cm³/mol. The van der Waals surface area contributed by atoms with E-state index < -0.39 is 34.7 Å². The smallest absolute Gasteiger partial charge is 0.364 e. The molecule has 154 valence electrons. The molecule has 1 aliphatic rings. The first kappa shape index (κ1) is 21.1. The lowest BCUT2D eigenvalue weighted by molar-refractivity contribution is -0.152. The van der Waals surface area contributed by atoms with Gasteiger partial charge in [-0.25, -0.2) is 4.79 Å². The highest BCUT2D eigenvalue weighted by atomic mass is 19.1. The van der Waals surface area contributed by atoms with Gasteiger partial charge in [0.15, 0.2) is 0 Å². The average molecular weight is 409 g/mol. The van der Waals surface area contributed by atoms with Crippen LogP contribution in [0.1, 0.15) is 31.9 Å². The van der Waals surface area contributed by atoms with Crippen molar-refractivity contribution in [2.45, 2.75) is 26.4 Å². The maximum atomic E-state index is 13.7. The summed E-state index contributed by atoms with van der Waals surface area (Å²) in [6, 6.07) is 17.5. The number of para-hydroxylation sites is 1. The van der Waals surface area contributed by atoms with Gasteiger partial charge in [-0.15, -0.1) is 0 Å². The molecule has 0 amide bonds. The van der Waals surface area contributed by atoms with Crippen LogP contribution in [0.5, 0.6) is 11.5 Å². The standard InChI is InChI=1S/C23H20FNO5/c1-22(2)14-23(22,12-18(24)20(26)27)21(28)30-19(13-25)15-7-6-10-17(11-15)29-16-8-4-3-5-9-16/h3-12,19H,14H2,1-2H3,(H,26,27)/t19-,23-/m1/s1. The highest BCUT2D eigenvalue weighted by molar-refractivity contribution is 5.89. The number of carbonyl (C=O) groups is 2. The van der Waals surface area contributed by atoms with E-state index in [1.54, 1.807) is 50.2 Å². The number of halogens is 1. The van der Waals surface area contributed by atoms with Crippen molar-refractivity contribution in [3.05, 3.63) is 72.1 Å². The molecule has 0 bridgehead atoms. The lowest BCUT2D eigenvalue weighted by Gasteiger charge is -2.19. The molecule has 2 atom stereocenters. The summed E-state index contributed by atoms with van der Waals surface area (Å²) in [5.74, 6) is -2.97. The van der Waals surface area contributed by atoms with Gasteiger partial charge < -0.3 is 14.6 Å². The van der Waals surface area contributed by atoms with Crippen molar-refractivity contribution in [3.63, 3.8) is 0 Å². The van der Waals surface area contributed by atoms with Gasteiger partial charge in [0, 0.05) is 5.56 Å². The van der Waals surface area contributed by atoms with Crippen molar-refractivity contribution >= 4 is 11.9 Å². The molecule has 1 saturated carbocycles. The minimum absolute atomic E-state index is 0.217. The van der Waals surface area contributed by atoms with Crippen LogP contribution in [0.15, 0.2) is 66.5 Å². The molecular weight excluding hydrogens is 389 g/mol. The van der Waals surface area contributed by atoms with E-state index in [1.165, 1.54) is 0 Å². The minimum atomic E-state index is -1.76. The molecule has 30 heavy (non-hydrogen) atoms. The second-order valence-corrected chi connectivity index (χ2v) is 7.73. The third-order valence-corrected chi connectivity index (χ3v) is 5.23. The summed E-state index contributed by atoms with van der Waals surface area (Å²) < 4.78 is 24.9. The number of carboxylic acid groups (broad SMARTS) is 1. The second-order valence-electron chi connectivity index (χ2n) is 7.73. The Morgan fingerprint density at radius 2 is 1.80 bits per heavy atom. The van der Waals surface area contributed by atoms with E-state index in [-0.39, 0.29) is 6.42 Å². The zero-order chi connectivity index (χ0) is 21.9. The fourth-order valence-electron chi connectivity index (χ4n) is 3.33. The molecular formula is C23H20FNO5. The zero-order valence-electron chi connectivity index (χ0n) is 16.5. The molecule has 0 radical (unpaired) electrons. The topological polar surface area (TPSA) is 96.6 Å². The van der Waals surface area contributed by atoms with Gasteiger partial charge >= 0.3 is 11.9 Å². The molecule has 3 rings (SSSR count). The Bertz CT molecular complexity index is 1040. The van der Waals surface area contributed by atoms with Crippen molar-refractivity contribution in [1.29, 1.82) is 5.26 Å². The Labute approximate surface area is 173 Å². The van der Waals surface area contributed by atoms with Crippen LogP contribution in [-0.4, -0.2) is 17.0 Å². The summed E-state index contributed by atoms with van der Waals surface area (Å²) in [4.78, 5) is 23.7. The summed E-state index contributed by atoms with van der Waals surface area (Å²) in [5, 5.41) is 18.4. The van der Waals surface area contributed by atoms with Crippen LogP contribution in [0.2, 0.25) is 0 Å². The Morgan fingerprint density at radius 1 is 1.17 bits per heavy atom. The first-order valence-electron chi connectivity index (χ1n) is 9.24. The van der Waals surface area contributed by atoms with E-state index in [2.05, 4.69) is 0 Å². The summed E-state index contributed by atoms with van der Waals surface area (Å²) in [7, 11) is 0. The maximum Gasteiger partial charge on any atom is 0.364 e. The SMILES string of the molecule is CC1(C)C[C@]1(C=C(F)C(=O)O)C(=O)O[C@H](C#N)c1cccc(Oc2ccccc2)c1. The van der Waals surface area contributed by atoms with Gasteiger partial charge in [-0.05, 0) is 42.2 Å². The molecule has 1 N–H and O–H groups in total. The van der Waals surface area contributed by atoms with Crippen LogP contribution < -0.4 is 4.74 Å². The molecule has 6 nitrogen and oxygen atoms in total. The number of nitrogens with zero attached hydrogens (tertiary/aromatic N) is 1. The molecule has 0 heterocycles. The van der Waals surface area contributed by atoms with E-state index in [0.29, 0.717) is 17.1 Å². The first-order valence-corrected chi connectivity index (χ1v) is 9.24. The number of nitriles is 1. The normalized spacial score (nSPS) is 20.5. The Balaban J connectivity index is 1.81. The van der Waals surface area contributed by atoms with E-state index in [0.717, 1.165) is 6.08 Å². The zero-order valence-corrected chi connectivity index (χ0v) is 16.5. The van der Waals surface area contributed by atoms with Crippen molar-refractivity contribution in [2.75, 3.05) is 0 Å². The number of carbonyl (C=O) groups excluding carboxylic acids is 1. The molecule has 2 aromatic rings. The molecule has 0 saturated heterocycles. The van der Waals surface area contributed by atoms with E-state index >= 15 is 0 Å². The highest BCUT2D eigenvalue weighted by Gasteiger charge is 2.67. The number of hydrogen-bond donors (Lipinski definition) is 1. The van der Waals surface area contributed by atoms with Crippen LogP contribution in [0.25, 0.3) is 0 Å². The lowest BCUT2D eigenvalue weighted by atomic mass is 9.95. The van der Waals surface area contributed by atoms with Crippen molar-refractivity contribution in [2.24, 2.45) is 10.8 Å². The van der Waals surface area contributed by atoms with Crippen LogP contribution in [0, 0.1) is 22.2 Å². The molecule has 0 aliphatic heterocycles. The van der Waals surface area contributed by atoms with E-state index in [4.69, 9.17) is 14.6 Å². The molecule has 1 fully saturated rings. The highest BCUT2D eigenvalue weighted by Crippen LogP contribution is 2.65. The second kappa shape index (κ2) is 7.99. The molecule has 0 spiro atoms. The fourth-order valence-corrected chi connectivity index (χ4v) is 3.33. The first-order chi connectivity index (χ1) is 14.2. The Kier molecular flexibility index (Phi) is 5.61. The van der Waals surface area contributed by atoms with Gasteiger partial charge in [-0.2, -0.15) is 9.65 Å². The third kappa shape index (κ3) is 4.18. The number of rotatable bonds is 7. The number of carboxylic acids is 1. The Hall–Kier alpha value is -3.66. The van der Waals surface area contributed by atoms with E-state index in [9.17, 15) is 19.2 Å². The lowest BCUT2D eigenvalue weighted by Crippen LogP contribution is -2.24. The summed E-state index contributed by atoms with van der Waals surface area (Å²) >= 11 is 0. The van der Waals surface area contributed by atoms with Gasteiger partial charge in [0.05, 0.1) is 5.41 Å². The van der Waals surface area contributed by atoms with Gasteiger partial charge in [-0.1, -0.05) is 44.2 Å². The third-order valence-electron chi connectivity index (χ3n) is 5.23. The largest absolute Gasteiger partial charge is 0.476 e. The average Bonchev–Trinajstić information content (AvgIpc) is 3.28. The van der Waals surface area contributed by atoms with Crippen LogP contribution in [-0.2, 0) is 14.3 Å². The van der Waals surface area contributed by atoms with E-state index in [1.807, 2.05) is 24.3 Å². The van der Waals surface area contributed by atoms with Gasteiger partial charge in [-0.3, -0.25) is 4.79 Å². The minimum Gasteiger partial charge on any atom is -0.476 e. The van der Waals surface area contributed by atoms with Crippen LogP contribution in [0.3, 0.4) is 0 Å². The number of ether oxygens (including phenoxy) is 2. The summed E-state index contributed by atoms with van der Waals surface area (Å²) in [5.41, 5.74) is -1.73. The van der Waals surface area contributed by atoms with Gasteiger partial charge in [0.25, 0.3) is 0 Å². The fraction of sp³-hybridized carbons (Fsp3) is 0.261. The van der Waals surface area contributed by atoms with Crippen molar-refractivity contribution in [3.8, 4) is 17.6 Å². The molecule has 7 heteroatoms. The summed E-state index contributed by atoms with van der Waals surface area (Å²) in [6.45, 7) is 3.41. The maximum absolute atomic E-state index is 13.7. The number of hydrogen-bond acceptors (Lipinski definition) is 5. The quantitative estimate of drug-likeness (QED) is 0.514. The van der Waals surface area contributed by atoms with Gasteiger partial charge in [0.1, 0.15) is 17.6 Å².